The van der Waals surface area contributed by atoms with Crippen LogP contribution < -0.4 is 11.1 Å². The number of thiocarbonyl (C=S) groups is 1. The Morgan fingerprint density at radius 3 is 2.40 bits per heavy atom. The van der Waals surface area contributed by atoms with Crippen molar-refractivity contribution in [2.24, 2.45) is 5.73 Å². The number of benzene rings is 2. The van der Waals surface area contributed by atoms with Crippen molar-refractivity contribution < 1.29 is 4.79 Å². The molecular formula is C15H13ClN2OS. The van der Waals surface area contributed by atoms with Crippen LogP contribution >= 0.6 is 23.8 Å². The van der Waals surface area contributed by atoms with Crippen molar-refractivity contribution in [3.8, 4) is 0 Å². The van der Waals surface area contributed by atoms with Gasteiger partial charge >= 0.3 is 0 Å². The van der Waals surface area contributed by atoms with Crippen molar-refractivity contribution in [1.29, 1.82) is 0 Å². The normalized spacial score (nSPS) is 10.1. The molecule has 0 saturated carbocycles. The smallest absolute Gasteiger partial charge is 0.253 e. The molecule has 2 rings (SSSR count). The van der Waals surface area contributed by atoms with Gasteiger partial charge in [-0.25, -0.2) is 0 Å². The molecule has 0 aromatic heterocycles. The molecule has 0 fully saturated rings. The largest absolute Gasteiger partial charge is 0.389 e. The Morgan fingerprint density at radius 1 is 1.15 bits per heavy atom. The predicted molar refractivity (Wildman–Crippen MR) is 85.0 cm³/mol. The van der Waals surface area contributed by atoms with Gasteiger partial charge in [-0.1, -0.05) is 60.2 Å². The number of halogens is 1. The van der Waals surface area contributed by atoms with Crippen LogP contribution in [0.1, 0.15) is 21.5 Å². The Labute approximate surface area is 127 Å². The summed E-state index contributed by atoms with van der Waals surface area (Å²) in [5, 5.41) is 3.26. The molecule has 102 valence electrons. The summed E-state index contributed by atoms with van der Waals surface area (Å²) < 4.78 is 0. The Balaban J connectivity index is 2.00. The molecule has 0 bridgehead atoms. The SMILES string of the molecule is NC(=S)c1ccc(CNC(=O)c2ccccc2Cl)cc1. The summed E-state index contributed by atoms with van der Waals surface area (Å²) in [5.74, 6) is -0.200. The van der Waals surface area contributed by atoms with E-state index >= 15 is 0 Å². The second-order valence-electron chi connectivity index (χ2n) is 4.22. The topological polar surface area (TPSA) is 55.1 Å². The van der Waals surface area contributed by atoms with E-state index in [1.165, 1.54) is 0 Å². The van der Waals surface area contributed by atoms with Gasteiger partial charge in [0.2, 0.25) is 0 Å². The third-order valence-electron chi connectivity index (χ3n) is 2.81. The van der Waals surface area contributed by atoms with Crippen molar-refractivity contribution >= 4 is 34.7 Å². The van der Waals surface area contributed by atoms with Gasteiger partial charge in [0.15, 0.2) is 0 Å². The van der Waals surface area contributed by atoms with Gasteiger partial charge in [0.1, 0.15) is 4.99 Å². The maximum atomic E-state index is 12.0. The van der Waals surface area contributed by atoms with Crippen molar-refractivity contribution in [2.75, 3.05) is 0 Å². The number of nitrogens with one attached hydrogen (secondary N) is 1. The molecule has 0 radical (unpaired) electrons. The number of hydrogen-bond donors (Lipinski definition) is 2. The van der Waals surface area contributed by atoms with Gasteiger partial charge in [0.25, 0.3) is 5.91 Å². The number of carbonyl (C=O) groups is 1. The van der Waals surface area contributed by atoms with Crippen LogP contribution in [-0.4, -0.2) is 10.9 Å². The van der Waals surface area contributed by atoms with E-state index in [1.54, 1.807) is 24.3 Å². The lowest BCUT2D eigenvalue weighted by Crippen LogP contribution is -2.23. The highest BCUT2D eigenvalue weighted by molar-refractivity contribution is 7.80. The van der Waals surface area contributed by atoms with Crippen LogP contribution in [0.2, 0.25) is 5.02 Å². The molecule has 2 aromatic rings. The summed E-state index contributed by atoms with van der Waals surface area (Å²) in [6.07, 6.45) is 0. The molecule has 0 aliphatic heterocycles. The third kappa shape index (κ3) is 3.56. The van der Waals surface area contributed by atoms with Crippen LogP contribution in [0.5, 0.6) is 0 Å². The Morgan fingerprint density at radius 2 is 1.80 bits per heavy atom. The number of nitrogens with two attached hydrogens (primary N) is 1. The van der Waals surface area contributed by atoms with Crippen LogP contribution in [-0.2, 0) is 6.54 Å². The van der Waals surface area contributed by atoms with Crippen LogP contribution in [0.3, 0.4) is 0 Å². The predicted octanol–water partition coefficient (Wildman–Crippen LogP) is 2.90. The van der Waals surface area contributed by atoms with Crippen LogP contribution in [0.15, 0.2) is 48.5 Å². The molecule has 0 saturated heterocycles. The van der Waals surface area contributed by atoms with Crippen molar-refractivity contribution in [3.05, 3.63) is 70.2 Å². The summed E-state index contributed by atoms with van der Waals surface area (Å²) in [4.78, 5) is 12.3. The summed E-state index contributed by atoms with van der Waals surface area (Å²) >= 11 is 10.9. The molecule has 3 nitrogen and oxygen atoms in total. The van der Waals surface area contributed by atoms with Gasteiger partial charge in [-0.05, 0) is 17.7 Å². The minimum Gasteiger partial charge on any atom is -0.389 e. The van der Waals surface area contributed by atoms with E-state index in [9.17, 15) is 4.79 Å². The maximum Gasteiger partial charge on any atom is 0.253 e. The number of carbonyl (C=O) groups excluding carboxylic acids is 1. The van der Waals surface area contributed by atoms with Crippen LogP contribution in [0.25, 0.3) is 0 Å². The first-order chi connectivity index (χ1) is 9.58. The average molecular weight is 305 g/mol. The lowest BCUT2D eigenvalue weighted by Gasteiger charge is -2.07. The molecule has 0 spiro atoms. The molecule has 0 atom stereocenters. The van der Waals surface area contributed by atoms with Gasteiger partial charge in [0.05, 0.1) is 10.6 Å². The van der Waals surface area contributed by atoms with Crippen LogP contribution in [0, 0.1) is 0 Å². The van der Waals surface area contributed by atoms with Crippen molar-refractivity contribution in [3.63, 3.8) is 0 Å². The minimum atomic E-state index is -0.200. The molecule has 3 N–H and O–H groups in total. The molecule has 1 amide bonds. The number of hydrogen-bond acceptors (Lipinski definition) is 2. The molecule has 0 aliphatic carbocycles. The molecule has 5 heteroatoms. The number of amides is 1. The first kappa shape index (κ1) is 14.5. The van der Waals surface area contributed by atoms with E-state index in [0.29, 0.717) is 22.1 Å². The highest BCUT2D eigenvalue weighted by atomic mass is 35.5. The summed E-state index contributed by atoms with van der Waals surface area (Å²) in [7, 11) is 0. The second-order valence-corrected chi connectivity index (χ2v) is 5.07. The lowest BCUT2D eigenvalue weighted by atomic mass is 10.1. The van der Waals surface area contributed by atoms with E-state index < -0.39 is 0 Å². The molecule has 0 unspecified atom stereocenters. The first-order valence-electron chi connectivity index (χ1n) is 5.99. The zero-order valence-corrected chi connectivity index (χ0v) is 12.2. The highest BCUT2D eigenvalue weighted by Crippen LogP contribution is 2.14. The monoisotopic (exact) mass is 304 g/mol. The molecule has 20 heavy (non-hydrogen) atoms. The number of rotatable bonds is 4. The average Bonchev–Trinajstić information content (AvgIpc) is 2.45. The Hall–Kier alpha value is -1.91. The summed E-state index contributed by atoms with van der Waals surface area (Å²) in [6.45, 7) is 0.418. The lowest BCUT2D eigenvalue weighted by molar-refractivity contribution is 0.0951. The fraction of sp³-hybridized carbons (Fsp3) is 0.0667. The van der Waals surface area contributed by atoms with E-state index in [-0.39, 0.29) is 5.91 Å². The van der Waals surface area contributed by atoms with E-state index in [1.807, 2.05) is 24.3 Å². The van der Waals surface area contributed by atoms with Gasteiger partial charge in [-0.2, -0.15) is 0 Å². The van der Waals surface area contributed by atoms with E-state index in [4.69, 9.17) is 29.6 Å². The maximum absolute atomic E-state index is 12.0. The quantitative estimate of drug-likeness (QED) is 0.854. The zero-order chi connectivity index (χ0) is 14.5. The van der Waals surface area contributed by atoms with Gasteiger partial charge < -0.3 is 11.1 Å². The van der Waals surface area contributed by atoms with E-state index in [2.05, 4.69) is 5.32 Å². The fourth-order valence-electron chi connectivity index (χ4n) is 1.71. The Bertz CT molecular complexity index is 641. The molecule has 0 heterocycles. The summed E-state index contributed by atoms with van der Waals surface area (Å²) in [5.41, 5.74) is 7.76. The van der Waals surface area contributed by atoms with Crippen molar-refractivity contribution in [1.82, 2.24) is 5.32 Å². The minimum absolute atomic E-state index is 0.200. The van der Waals surface area contributed by atoms with Gasteiger partial charge in [-0.15, -0.1) is 0 Å². The summed E-state index contributed by atoms with van der Waals surface area (Å²) in [6, 6.07) is 14.4. The highest BCUT2D eigenvalue weighted by Gasteiger charge is 2.08. The zero-order valence-electron chi connectivity index (χ0n) is 10.6. The van der Waals surface area contributed by atoms with Gasteiger partial charge in [0, 0.05) is 12.1 Å². The van der Waals surface area contributed by atoms with E-state index in [0.717, 1.165) is 11.1 Å². The molecule has 2 aromatic carbocycles. The first-order valence-corrected chi connectivity index (χ1v) is 6.78. The van der Waals surface area contributed by atoms with Crippen LogP contribution in [0.4, 0.5) is 0 Å². The fourth-order valence-corrected chi connectivity index (χ4v) is 2.07. The standard InChI is InChI=1S/C15H13ClN2OS/c16-13-4-2-1-3-12(13)15(19)18-9-10-5-7-11(8-6-10)14(17)20/h1-8H,9H2,(H2,17,20)(H,18,19). The third-order valence-corrected chi connectivity index (χ3v) is 3.38. The molecule has 0 aliphatic rings. The van der Waals surface area contributed by atoms with Crippen molar-refractivity contribution in [2.45, 2.75) is 6.54 Å². The van der Waals surface area contributed by atoms with Gasteiger partial charge in [-0.3, -0.25) is 4.79 Å². The second kappa shape index (κ2) is 6.50. The Kier molecular flexibility index (Phi) is 4.71. The molecular weight excluding hydrogens is 292 g/mol.